The number of carbonyl (C=O) groups is 1. The first-order valence-corrected chi connectivity index (χ1v) is 10.5. The number of nitrogens with zero attached hydrogens (tertiary/aromatic N) is 4. The summed E-state index contributed by atoms with van der Waals surface area (Å²) in [6, 6.07) is 12.5. The molecule has 0 unspecified atom stereocenters. The van der Waals surface area contributed by atoms with E-state index in [9.17, 15) is 18.0 Å². The molecule has 1 aromatic heterocycles. The Labute approximate surface area is 193 Å². The van der Waals surface area contributed by atoms with E-state index in [0.29, 0.717) is 50.0 Å². The lowest BCUT2D eigenvalue weighted by Gasteiger charge is -2.34. The molecular weight excluding hydrogens is 451 g/mol. The Balaban J connectivity index is 1.27. The van der Waals surface area contributed by atoms with Crippen molar-refractivity contribution in [1.29, 1.82) is 0 Å². The number of carbonyl (C=O) groups excluding carboxylic acids is 1. The molecule has 1 N–H and O–H groups in total. The van der Waals surface area contributed by atoms with Crippen LogP contribution in [0.25, 0.3) is 0 Å². The first-order chi connectivity index (χ1) is 16.3. The van der Waals surface area contributed by atoms with Crippen LogP contribution in [0.2, 0.25) is 0 Å². The smallest absolute Gasteiger partial charge is 0.457 e. The number of benzene rings is 2. The van der Waals surface area contributed by atoms with Gasteiger partial charge in [0.05, 0.1) is 6.20 Å². The fourth-order valence-corrected chi connectivity index (χ4v) is 3.47. The molecule has 11 heteroatoms. The Morgan fingerprint density at radius 2 is 1.71 bits per heavy atom. The van der Waals surface area contributed by atoms with Gasteiger partial charge >= 0.3 is 12.4 Å². The highest BCUT2D eigenvalue weighted by atomic mass is 19.4. The average molecular weight is 473 g/mol. The summed E-state index contributed by atoms with van der Waals surface area (Å²) in [6.07, 6.45) is -0.184. The van der Waals surface area contributed by atoms with Crippen LogP contribution < -0.4 is 14.8 Å². The van der Waals surface area contributed by atoms with Crippen LogP contribution in [0.15, 0.2) is 67.1 Å². The van der Waals surface area contributed by atoms with E-state index in [-0.39, 0.29) is 11.8 Å². The lowest BCUT2D eigenvalue weighted by molar-refractivity contribution is -0.274. The Bertz CT molecular complexity index is 1090. The van der Waals surface area contributed by atoms with Crippen molar-refractivity contribution in [3.05, 3.63) is 72.7 Å². The first-order valence-electron chi connectivity index (χ1n) is 10.5. The van der Waals surface area contributed by atoms with Gasteiger partial charge in [0.15, 0.2) is 5.82 Å². The van der Waals surface area contributed by atoms with Gasteiger partial charge in [-0.25, -0.2) is 9.78 Å². The molecule has 0 radical (unpaired) electrons. The molecule has 1 aliphatic rings. The Hall–Kier alpha value is -3.86. The van der Waals surface area contributed by atoms with Crippen molar-refractivity contribution in [3.8, 4) is 17.2 Å². The van der Waals surface area contributed by atoms with Gasteiger partial charge in [-0.3, -0.25) is 15.2 Å². The number of anilines is 1. The molecule has 0 bridgehead atoms. The first kappa shape index (κ1) is 23.3. The van der Waals surface area contributed by atoms with Gasteiger partial charge in [0, 0.05) is 45.1 Å². The highest BCUT2D eigenvalue weighted by molar-refractivity contribution is 5.88. The maximum absolute atomic E-state index is 12.4. The van der Waals surface area contributed by atoms with Crippen LogP contribution in [-0.4, -0.2) is 58.3 Å². The van der Waals surface area contributed by atoms with Crippen LogP contribution >= 0.6 is 0 Å². The summed E-state index contributed by atoms with van der Waals surface area (Å²) in [4.78, 5) is 24.3. The van der Waals surface area contributed by atoms with Gasteiger partial charge in [0.1, 0.15) is 17.2 Å². The molecule has 2 heterocycles. The summed E-state index contributed by atoms with van der Waals surface area (Å²) in [5.74, 6) is 1.07. The molecule has 2 aromatic carbocycles. The van der Waals surface area contributed by atoms with Crippen LogP contribution in [0.1, 0.15) is 5.56 Å². The van der Waals surface area contributed by atoms with E-state index >= 15 is 0 Å². The van der Waals surface area contributed by atoms with Gasteiger partial charge in [-0.2, -0.15) is 0 Å². The quantitative estimate of drug-likeness (QED) is 0.567. The molecule has 4 rings (SSSR count). The van der Waals surface area contributed by atoms with Crippen molar-refractivity contribution < 1.29 is 27.4 Å². The zero-order valence-electron chi connectivity index (χ0n) is 18.0. The number of hydrogen-bond donors (Lipinski definition) is 1. The number of alkyl halides is 3. The summed E-state index contributed by atoms with van der Waals surface area (Å²) < 4.78 is 46.5. The summed E-state index contributed by atoms with van der Waals surface area (Å²) in [5.41, 5.74) is 1.02. The molecule has 8 nitrogen and oxygen atoms in total. The number of rotatable bonds is 6. The minimum atomic E-state index is -4.73. The minimum Gasteiger partial charge on any atom is -0.457 e. The van der Waals surface area contributed by atoms with Gasteiger partial charge in [-0.05, 0) is 42.0 Å². The lowest BCUT2D eigenvalue weighted by Crippen LogP contribution is -2.49. The summed E-state index contributed by atoms with van der Waals surface area (Å²) in [5, 5.41) is 2.74. The zero-order chi connectivity index (χ0) is 24.0. The monoisotopic (exact) mass is 473 g/mol. The van der Waals surface area contributed by atoms with Crippen LogP contribution in [0, 0.1) is 0 Å². The molecule has 0 saturated carbocycles. The Morgan fingerprint density at radius 1 is 0.971 bits per heavy atom. The van der Waals surface area contributed by atoms with E-state index in [0.717, 1.165) is 5.56 Å². The summed E-state index contributed by atoms with van der Waals surface area (Å²) >= 11 is 0. The number of halogens is 3. The predicted octanol–water partition coefficient (Wildman–Crippen LogP) is 4.52. The number of aromatic nitrogens is 2. The molecule has 178 valence electrons. The normalized spacial score (nSPS) is 14.5. The van der Waals surface area contributed by atoms with Gasteiger partial charge in [-0.15, -0.1) is 13.2 Å². The lowest BCUT2D eigenvalue weighted by atomic mass is 10.2. The molecule has 1 aliphatic heterocycles. The van der Waals surface area contributed by atoms with Crippen molar-refractivity contribution in [2.45, 2.75) is 12.9 Å². The predicted molar refractivity (Wildman–Crippen MR) is 118 cm³/mol. The van der Waals surface area contributed by atoms with E-state index in [1.807, 2.05) is 18.2 Å². The van der Waals surface area contributed by atoms with Gasteiger partial charge in [-0.1, -0.05) is 12.1 Å². The van der Waals surface area contributed by atoms with Crippen molar-refractivity contribution >= 4 is 11.8 Å². The maximum atomic E-state index is 12.4. The van der Waals surface area contributed by atoms with Crippen molar-refractivity contribution in [3.63, 3.8) is 0 Å². The topological polar surface area (TPSA) is 79.8 Å². The molecule has 1 fully saturated rings. The molecule has 3 aromatic rings. The van der Waals surface area contributed by atoms with E-state index < -0.39 is 6.36 Å². The largest absolute Gasteiger partial charge is 0.573 e. The van der Waals surface area contributed by atoms with E-state index in [2.05, 4.69) is 24.9 Å². The second-order valence-electron chi connectivity index (χ2n) is 7.55. The fourth-order valence-electron chi connectivity index (χ4n) is 3.47. The number of amides is 2. The number of hydrogen-bond acceptors (Lipinski definition) is 6. The van der Waals surface area contributed by atoms with Crippen LogP contribution in [0.3, 0.4) is 0 Å². The molecule has 0 aliphatic carbocycles. The van der Waals surface area contributed by atoms with Gasteiger partial charge in [0.25, 0.3) is 0 Å². The van der Waals surface area contributed by atoms with E-state index in [1.54, 1.807) is 11.0 Å². The standard InChI is InChI=1S/C23H22F3N5O3/c24-23(25,26)34-19-6-4-18(5-7-19)33-20-3-1-2-17(14-20)16-30-10-12-31(13-11-30)22(32)29-21-15-27-8-9-28-21/h1-9,14-15H,10-13,16H2,(H,28,29,32). The molecule has 2 amide bonds. The van der Waals surface area contributed by atoms with Gasteiger partial charge < -0.3 is 14.4 Å². The number of piperazine rings is 1. The zero-order valence-corrected chi connectivity index (χ0v) is 18.0. The maximum Gasteiger partial charge on any atom is 0.573 e. The Kier molecular flexibility index (Phi) is 7.12. The van der Waals surface area contributed by atoms with Crippen molar-refractivity contribution in [1.82, 2.24) is 19.8 Å². The number of nitrogens with one attached hydrogen (secondary N) is 1. The molecule has 1 saturated heterocycles. The molecular formula is C23H22F3N5O3. The van der Waals surface area contributed by atoms with Crippen LogP contribution in [0.5, 0.6) is 17.2 Å². The molecule has 0 spiro atoms. The van der Waals surface area contributed by atoms with Crippen molar-refractivity contribution in [2.75, 3.05) is 31.5 Å². The third kappa shape index (κ3) is 6.82. The van der Waals surface area contributed by atoms with Crippen molar-refractivity contribution in [2.24, 2.45) is 0 Å². The number of urea groups is 1. The summed E-state index contributed by atoms with van der Waals surface area (Å²) in [6.45, 7) is 3.25. The third-order valence-electron chi connectivity index (χ3n) is 5.06. The SMILES string of the molecule is O=C(Nc1cnccn1)N1CCN(Cc2cccc(Oc3ccc(OC(F)(F)F)cc3)c2)CC1. The molecule has 34 heavy (non-hydrogen) atoms. The minimum absolute atomic E-state index is 0.206. The second-order valence-corrected chi connectivity index (χ2v) is 7.55. The number of ether oxygens (including phenoxy) is 2. The fraction of sp³-hybridized carbons (Fsp3) is 0.261. The average Bonchev–Trinajstić information content (AvgIpc) is 2.81. The summed E-state index contributed by atoms with van der Waals surface area (Å²) in [7, 11) is 0. The Morgan fingerprint density at radius 3 is 2.38 bits per heavy atom. The highest BCUT2D eigenvalue weighted by Crippen LogP contribution is 2.28. The van der Waals surface area contributed by atoms with Gasteiger partial charge in [0.2, 0.25) is 0 Å². The molecule has 0 atom stereocenters. The third-order valence-corrected chi connectivity index (χ3v) is 5.06. The second kappa shape index (κ2) is 10.4. The van der Waals surface area contributed by atoms with Crippen LogP contribution in [0.4, 0.5) is 23.8 Å². The van der Waals surface area contributed by atoms with E-state index in [4.69, 9.17) is 4.74 Å². The van der Waals surface area contributed by atoms with E-state index in [1.165, 1.54) is 42.9 Å². The van der Waals surface area contributed by atoms with Crippen LogP contribution in [-0.2, 0) is 6.54 Å². The highest BCUT2D eigenvalue weighted by Gasteiger charge is 2.31.